The van der Waals surface area contributed by atoms with E-state index in [-0.39, 0.29) is 11.9 Å². The number of unbranched alkanes of at least 4 members (excludes halogenated alkanes) is 1. The van der Waals surface area contributed by atoms with Gasteiger partial charge in [-0.15, -0.1) is 0 Å². The lowest BCUT2D eigenvalue weighted by atomic mass is 9.88. The minimum absolute atomic E-state index is 0.00664. The highest BCUT2D eigenvalue weighted by molar-refractivity contribution is 14.1. The number of nitrogens with zero attached hydrogens (tertiary/aromatic N) is 2. The third kappa shape index (κ3) is 2.70. The Morgan fingerprint density at radius 2 is 2.39 bits per heavy atom. The number of hydrogen-bond donors (Lipinski definition) is 0. The smallest absolute Gasteiger partial charge is 0.309 e. The van der Waals surface area contributed by atoms with E-state index < -0.39 is 0 Å². The van der Waals surface area contributed by atoms with E-state index in [9.17, 15) is 4.79 Å². The maximum absolute atomic E-state index is 11.6. The number of hydrogen-bond acceptors (Lipinski definition) is 3. The zero-order valence-electron chi connectivity index (χ0n) is 10.9. The van der Waals surface area contributed by atoms with Crippen molar-refractivity contribution in [3.63, 3.8) is 0 Å². The number of fused-ring (bicyclic) bond motifs is 1. The molecule has 0 amide bonds. The van der Waals surface area contributed by atoms with Gasteiger partial charge in [0, 0.05) is 18.5 Å². The van der Waals surface area contributed by atoms with Gasteiger partial charge in [-0.25, -0.2) is 0 Å². The molecule has 18 heavy (non-hydrogen) atoms. The molecule has 0 aromatic carbocycles. The number of halogens is 1. The number of carbonyl (C=O) groups excluding carboxylic acids is 1. The Kier molecular flexibility index (Phi) is 4.64. The zero-order valence-corrected chi connectivity index (χ0v) is 13.1. The molecular weight excluding hydrogens is 343 g/mol. The molecule has 1 aromatic rings. The van der Waals surface area contributed by atoms with Crippen LogP contribution in [0.4, 0.5) is 0 Å². The minimum Gasteiger partial charge on any atom is -0.469 e. The van der Waals surface area contributed by atoms with E-state index in [1.54, 1.807) is 0 Å². The first-order valence-electron chi connectivity index (χ1n) is 6.49. The zero-order chi connectivity index (χ0) is 13.1. The molecule has 0 saturated heterocycles. The summed E-state index contributed by atoms with van der Waals surface area (Å²) in [6.45, 7) is 3.16. The molecule has 0 unspecified atom stereocenters. The quantitative estimate of drug-likeness (QED) is 0.611. The molecule has 0 radical (unpaired) electrons. The highest BCUT2D eigenvalue weighted by Crippen LogP contribution is 2.29. The average Bonchev–Trinajstić information content (AvgIpc) is 2.71. The van der Waals surface area contributed by atoms with E-state index in [1.165, 1.54) is 22.8 Å². The Morgan fingerprint density at radius 1 is 1.61 bits per heavy atom. The van der Waals surface area contributed by atoms with Crippen molar-refractivity contribution in [3.8, 4) is 0 Å². The molecule has 1 aromatic heterocycles. The van der Waals surface area contributed by atoms with E-state index in [1.807, 2.05) is 0 Å². The van der Waals surface area contributed by atoms with Crippen LogP contribution in [0.25, 0.3) is 0 Å². The van der Waals surface area contributed by atoms with Crippen LogP contribution < -0.4 is 0 Å². The fourth-order valence-corrected chi connectivity index (χ4v) is 3.34. The molecule has 0 bridgehead atoms. The monoisotopic (exact) mass is 362 g/mol. The number of methoxy groups -OCH3 is 1. The number of ether oxygens (including phenoxy) is 1. The maximum Gasteiger partial charge on any atom is 0.309 e. The van der Waals surface area contributed by atoms with Crippen LogP contribution in [0.2, 0.25) is 0 Å². The summed E-state index contributed by atoms with van der Waals surface area (Å²) in [5, 5.41) is 4.66. The van der Waals surface area contributed by atoms with E-state index in [4.69, 9.17) is 4.74 Å². The Morgan fingerprint density at radius 3 is 3.06 bits per heavy atom. The summed E-state index contributed by atoms with van der Waals surface area (Å²) in [4.78, 5) is 11.6. The van der Waals surface area contributed by atoms with Crippen LogP contribution in [0.1, 0.15) is 37.4 Å². The van der Waals surface area contributed by atoms with Gasteiger partial charge in [-0.3, -0.25) is 9.48 Å². The fraction of sp³-hybridized carbons (Fsp3) is 0.692. The molecule has 1 atom stereocenters. The third-order valence-corrected chi connectivity index (χ3v) is 4.71. The first-order chi connectivity index (χ1) is 8.67. The SMILES string of the molecule is CCCCn1nc2c(c1I)CC[C@@H](C(=O)OC)C2. The second-order valence-electron chi connectivity index (χ2n) is 4.76. The van der Waals surface area contributed by atoms with Crippen molar-refractivity contribution in [2.24, 2.45) is 5.92 Å². The molecular formula is C13H19IN2O2. The van der Waals surface area contributed by atoms with Crippen molar-refractivity contribution in [2.45, 2.75) is 45.6 Å². The second-order valence-corrected chi connectivity index (χ2v) is 5.78. The van der Waals surface area contributed by atoms with E-state index in [0.29, 0.717) is 0 Å². The van der Waals surface area contributed by atoms with Crippen molar-refractivity contribution in [3.05, 3.63) is 15.0 Å². The highest BCUT2D eigenvalue weighted by atomic mass is 127. The van der Waals surface area contributed by atoms with Gasteiger partial charge >= 0.3 is 5.97 Å². The van der Waals surface area contributed by atoms with Crippen LogP contribution in [0, 0.1) is 9.62 Å². The minimum atomic E-state index is -0.0984. The largest absolute Gasteiger partial charge is 0.469 e. The summed E-state index contributed by atoms with van der Waals surface area (Å²) in [5.41, 5.74) is 2.43. The van der Waals surface area contributed by atoms with Gasteiger partial charge in [0.05, 0.1) is 18.7 Å². The lowest BCUT2D eigenvalue weighted by Crippen LogP contribution is -2.23. The number of esters is 1. The van der Waals surface area contributed by atoms with Gasteiger partial charge in [-0.1, -0.05) is 13.3 Å². The van der Waals surface area contributed by atoms with Crippen LogP contribution in [0.3, 0.4) is 0 Å². The molecule has 0 saturated carbocycles. The molecule has 0 aliphatic heterocycles. The topological polar surface area (TPSA) is 44.1 Å². The fourth-order valence-electron chi connectivity index (χ4n) is 2.41. The summed E-state index contributed by atoms with van der Waals surface area (Å²) < 4.78 is 8.17. The maximum atomic E-state index is 11.6. The Hall–Kier alpha value is -0.590. The van der Waals surface area contributed by atoms with Crippen molar-refractivity contribution in [1.29, 1.82) is 0 Å². The van der Waals surface area contributed by atoms with Crippen molar-refractivity contribution in [2.75, 3.05) is 7.11 Å². The molecule has 100 valence electrons. The lowest BCUT2D eigenvalue weighted by Gasteiger charge is -2.18. The first kappa shape index (κ1) is 13.8. The first-order valence-corrected chi connectivity index (χ1v) is 7.57. The van der Waals surface area contributed by atoms with E-state index in [2.05, 4.69) is 39.3 Å². The lowest BCUT2D eigenvalue weighted by molar-refractivity contribution is -0.145. The van der Waals surface area contributed by atoms with Crippen molar-refractivity contribution >= 4 is 28.6 Å². The molecule has 0 fully saturated rings. The number of aryl methyl sites for hydroxylation is 1. The van der Waals surface area contributed by atoms with E-state index >= 15 is 0 Å². The standard InChI is InChI=1S/C13H19IN2O2/c1-3-4-7-16-12(14)10-6-5-9(13(17)18-2)8-11(10)15-16/h9H,3-8H2,1-2H3/t9-/m1/s1. The number of carbonyl (C=O) groups is 1. The van der Waals surface area contributed by atoms with Crippen LogP contribution in [0.15, 0.2) is 0 Å². The Balaban J connectivity index is 2.15. The molecule has 0 N–H and O–H groups in total. The van der Waals surface area contributed by atoms with Crippen molar-refractivity contribution < 1.29 is 9.53 Å². The van der Waals surface area contributed by atoms with Gasteiger partial charge in [0.15, 0.2) is 0 Å². The molecule has 1 aliphatic carbocycles. The van der Waals surface area contributed by atoms with Crippen LogP contribution in [-0.4, -0.2) is 22.9 Å². The summed E-state index contributed by atoms with van der Waals surface area (Å²) in [6, 6.07) is 0. The molecule has 0 spiro atoms. The summed E-state index contributed by atoms with van der Waals surface area (Å²) in [5.74, 6) is -0.105. The summed E-state index contributed by atoms with van der Waals surface area (Å²) in [7, 11) is 1.46. The Bertz CT molecular complexity index is 442. The Labute approximate surface area is 121 Å². The van der Waals surface area contributed by atoms with Crippen LogP contribution >= 0.6 is 22.6 Å². The number of rotatable bonds is 4. The molecule has 4 nitrogen and oxygen atoms in total. The second kappa shape index (κ2) is 6.04. The van der Waals surface area contributed by atoms with Gasteiger partial charge in [0.1, 0.15) is 3.70 Å². The predicted molar refractivity (Wildman–Crippen MR) is 77.4 cm³/mol. The van der Waals surface area contributed by atoms with Gasteiger partial charge in [0.2, 0.25) is 0 Å². The van der Waals surface area contributed by atoms with Gasteiger partial charge < -0.3 is 4.74 Å². The summed E-state index contributed by atoms with van der Waals surface area (Å²) >= 11 is 2.38. The molecule has 2 rings (SSSR count). The highest BCUT2D eigenvalue weighted by Gasteiger charge is 2.29. The van der Waals surface area contributed by atoms with Gasteiger partial charge in [0.25, 0.3) is 0 Å². The predicted octanol–water partition coefficient (Wildman–Crippen LogP) is 2.57. The van der Waals surface area contributed by atoms with Crippen LogP contribution in [0.5, 0.6) is 0 Å². The third-order valence-electron chi connectivity index (χ3n) is 3.51. The molecule has 1 heterocycles. The van der Waals surface area contributed by atoms with E-state index in [0.717, 1.165) is 37.9 Å². The normalized spacial score (nSPS) is 18.5. The summed E-state index contributed by atoms with van der Waals surface area (Å²) in [6.07, 6.45) is 4.88. The van der Waals surface area contributed by atoms with Crippen LogP contribution in [-0.2, 0) is 28.9 Å². The molecule has 1 aliphatic rings. The van der Waals surface area contributed by atoms with Gasteiger partial charge in [-0.2, -0.15) is 5.10 Å². The van der Waals surface area contributed by atoms with Crippen molar-refractivity contribution in [1.82, 2.24) is 9.78 Å². The average molecular weight is 362 g/mol. The molecule has 5 heteroatoms. The van der Waals surface area contributed by atoms with Gasteiger partial charge in [-0.05, 0) is 41.9 Å². The number of aromatic nitrogens is 2.